The first-order valence-electron chi connectivity index (χ1n) is 21.5. The van der Waals surface area contributed by atoms with Gasteiger partial charge in [-0.05, 0) is 138 Å². The molecule has 4 aliphatic rings. The van der Waals surface area contributed by atoms with E-state index in [4.69, 9.17) is 16.2 Å². The Morgan fingerprint density at radius 3 is 1.79 bits per heavy atom. The SMILES string of the molecule is CC=C(Nc1ccc([C@H]2CC[C@H](c3ccc(NC(=O)[C@@H]4CCCN4C(=O)OC(C)(C)C)c(N)c3)N2c2ccc(C3CCCCC3)cc2)cc1N)[C@@H]1CCCN1C(C)=O. The number of benzene rings is 3. The van der Waals surface area contributed by atoms with Gasteiger partial charge in [0.15, 0.2) is 0 Å². The second-order valence-corrected chi connectivity index (χ2v) is 17.7. The summed E-state index contributed by atoms with van der Waals surface area (Å²) in [6.07, 6.45) is 13.0. The Labute approximate surface area is 344 Å². The lowest BCUT2D eigenvalue weighted by Gasteiger charge is -2.34. The van der Waals surface area contributed by atoms with Gasteiger partial charge in [-0.25, -0.2) is 4.79 Å². The summed E-state index contributed by atoms with van der Waals surface area (Å²) < 4.78 is 5.59. The van der Waals surface area contributed by atoms with E-state index < -0.39 is 17.7 Å². The highest BCUT2D eigenvalue weighted by molar-refractivity contribution is 5.99. The Morgan fingerprint density at radius 1 is 0.690 bits per heavy atom. The lowest BCUT2D eigenvalue weighted by Crippen LogP contribution is -2.45. The minimum Gasteiger partial charge on any atom is -0.444 e. The lowest BCUT2D eigenvalue weighted by atomic mass is 9.84. The summed E-state index contributed by atoms with van der Waals surface area (Å²) in [5.41, 5.74) is 21.2. The van der Waals surface area contributed by atoms with Gasteiger partial charge >= 0.3 is 6.09 Å². The zero-order valence-electron chi connectivity index (χ0n) is 35.1. The van der Waals surface area contributed by atoms with E-state index in [1.807, 2.05) is 44.7 Å². The smallest absolute Gasteiger partial charge is 0.410 e. The molecule has 3 amide bonds. The largest absolute Gasteiger partial charge is 0.444 e. The number of amides is 3. The fourth-order valence-electron chi connectivity index (χ4n) is 9.75. The van der Waals surface area contributed by atoms with Gasteiger partial charge in [-0.2, -0.15) is 0 Å². The third kappa shape index (κ3) is 8.93. The van der Waals surface area contributed by atoms with E-state index in [0.29, 0.717) is 35.9 Å². The van der Waals surface area contributed by atoms with Crippen molar-refractivity contribution in [2.24, 2.45) is 0 Å². The minimum atomic E-state index is -0.648. The van der Waals surface area contributed by atoms with Gasteiger partial charge in [-0.15, -0.1) is 0 Å². The normalized spacial score (nSPS) is 23.0. The summed E-state index contributed by atoms with van der Waals surface area (Å²) in [5.74, 6) is 0.441. The Kier molecular flexibility index (Phi) is 12.3. The van der Waals surface area contributed by atoms with Gasteiger partial charge in [0, 0.05) is 31.4 Å². The molecule has 1 aliphatic carbocycles. The number of nitrogens with two attached hydrogens (primary N) is 2. The third-order valence-electron chi connectivity index (χ3n) is 12.6. The topological polar surface area (TPSA) is 146 Å². The maximum absolute atomic E-state index is 13.5. The van der Waals surface area contributed by atoms with Crippen LogP contribution in [0, 0.1) is 0 Å². The molecule has 4 atom stereocenters. The molecule has 58 heavy (non-hydrogen) atoms. The van der Waals surface area contributed by atoms with Crippen molar-refractivity contribution in [1.82, 2.24) is 9.80 Å². The fourth-order valence-corrected chi connectivity index (χ4v) is 9.75. The monoisotopic (exact) mass is 789 g/mol. The van der Waals surface area contributed by atoms with E-state index in [1.54, 1.807) is 6.92 Å². The summed E-state index contributed by atoms with van der Waals surface area (Å²) in [6.45, 7) is 10.4. The highest BCUT2D eigenvalue weighted by Crippen LogP contribution is 2.49. The van der Waals surface area contributed by atoms with Crippen molar-refractivity contribution < 1.29 is 19.1 Å². The van der Waals surface area contributed by atoms with Crippen molar-refractivity contribution in [3.05, 3.63) is 89.1 Å². The summed E-state index contributed by atoms with van der Waals surface area (Å²) in [4.78, 5) is 44.8. The molecule has 3 aromatic carbocycles. The molecule has 7 rings (SSSR count). The molecule has 4 fully saturated rings. The molecule has 6 N–H and O–H groups in total. The number of rotatable bonds is 9. The molecule has 0 spiro atoms. The van der Waals surface area contributed by atoms with E-state index in [2.05, 4.69) is 70.1 Å². The molecule has 3 aliphatic heterocycles. The summed E-state index contributed by atoms with van der Waals surface area (Å²) in [6, 6.07) is 21.0. The molecule has 0 radical (unpaired) electrons. The van der Waals surface area contributed by atoms with Crippen LogP contribution in [0.5, 0.6) is 0 Å². The maximum atomic E-state index is 13.5. The van der Waals surface area contributed by atoms with Crippen LogP contribution in [-0.4, -0.2) is 58.5 Å². The van der Waals surface area contributed by atoms with Crippen LogP contribution >= 0.6 is 0 Å². The standard InChI is InChI=1S/C47H63N7O4/c1-6-38(43-14-10-26-52(43)30(2)55)50-39-22-18-33(28-36(39)48)41-24-25-42(54(41)35-20-16-32(17-21-35)31-12-8-7-9-13-31)34-19-23-40(37(49)29-34)51-45(56)44-15-11-27-53(44)46(57)58-47(3,4)5/h6,16-23,28-29,31,41-44,50H,7-15,24-27,48-49H2,1-5H3,(H,51,56)/t41-,42-,43+,44+/m1/s1. The van der Waals surface area contributed by atoms with Crippen LogP contribution < -0.4 is 27.0 Å². The van der Waals surface area contributed by atoms with Gasteiger partial charge in [0.2, 0.25) is 11.8 Å². The maximum Gasteiger partial charge on any atom is 0.410 e. The molecule has 3 saturated heterocycles. The van der Waals surface area contributed by atoms with Gasteiger partial charge in [0.05, 0.1) is 40.9 Å². The van der Waals surface area contributed by atoms with Crippen LogP contribution in [0.3, 0.4) is 0 Å². The van der Waals surface area contributed by atoms with Crippen molar-refractivity contribution in [3.8, 4) is 0 Å². The number of likely N-dealkylation sites (tertiary alicyclic amines) is 2. The Balaban J connectivity index is 1.13. The predicted octanol–water partition coefficient (Wildman–Crippen LogP) is 9.65. The zero-order valence-corrected chi connectivity index (χ0v) is 35.1. The molecule has 3 aromatic rings. The second-order valence-electron chi connectivity index (χ2n) is 17.7. The lowest BCUT2D eigenvalue weighted by molar-refractivity contribution is -0.129. The first-order valence-corrected chi connectivity index (χ1v) is 21.5. The zero-order chi connectivity index (χ0) is 41.1. The summed E-state index contributed by atoms with van der Waals surface area (Å²) >= 11 is 0. The number of nitrogens with one attached hydrogen (secondary N) is 2. The Bertz CT molecular complexity index is 2000. The third-order valence-corrected chi connectivity index (χ3v) is 12.6. The van der Waals surface area contributed by atoms with Gasteiger partial charge < -0.3 is 36.6 Å². The fraction of sp³-hybridized carbons (Fsp3) is 0.511. The first kappa shape index (κ1) is 41.0. The number of nitrogens with zero attached hydrogens (tertiary/aromatic N) is 3. The number of nitrogen functional groups attached to an aromatic ring is 2. The second kappa shape index (κ2) is 17.3. The van der Waals surface area contributed by atoms with Gasteiger partial charge in [-0.3, -0.25) is 14.5 Å². The molecule has 310 valence electrons. The van der Waals surface area contributed by atoms with E-state index in [9.17, 15) is 14.4 Å². The van der Waals surface area contributed by atoms with Crippen LogP contribution in [0.25, 0.3) is 0 Å². The summed E-state index contributed by atoms with van der Waals surface area (Å²) in [7, 11) is 0. The van der Waals surface area contributed by atoms with Gasteiger partial charge in [0.25, 0.3) is 0 Å². The highest BCUT2D eigenvalue weighted by Gasteiger charge is 2.39. The van der Waals surface area contributed by atoms with Crippen molar-refractivity contribution >= 4 is 46.3 Å². The molecular weight excluding hydrogens is 727 g/mol. The number of carbonyl (C=O) groups excluding carboxylic acids is 3. The molecule has 3 heterocycles. The predicted molar refractivity (Wildman–Crippen MR) is 234 cm³/mol. The van der Waals surface area contributed by atoms with Crippen molar-refractivity contribution in [3.63, 3.8) is 0 Å². The number of carbonyl (C=O) groups is 3. The van der Waals surface area contributed by atoms with Crippen molar-refractivity contribution in [2.75, 3.05) is 40.1 Å². The van der Waals surface area contributed by atoms with Crippen LogP contribution in [-0.2, 0) is 14.3 Å². The minimum absolute atomic E-state index is 0.0195. The average molecular weight is 790 g/mol. The van der Waals surface area contributed by atoms with Gasteiger partial charge in [0.1, 0.15) is 11.6 Å². The number of anilines is 5. The first-order chi connectivity index (χ1) is 27.8. The van der Waals surface area contributed by atoms with Crippen molar-refractivity contribution in [1.29, 1.82) is 0 Å². The molecular formula is C47H63N7O4. The van der Waals surface area contributed by atoms with E-state index >= 15 is 0 Å². The number of hydrogen-bond donors (Lipinski definition) is 4. The molecule has 1 saturated carbocycles. The Hall–Kier alpha value is -5.19. The average Bonchev–Trinajstić information content (AvgIpc) is 3.99. The molecule has 0 unspecified atom stereocenters. The number of allylic oxidation sites excluding steroid dienone is 1. The summed E-state index contributed by atoms with van der Waals surface area (Å²) in [5, 5.41) is 6.59. The quantitative estimate of drug-likeness (QED) is 0.157. The van der Waals surface area contributed by atoms with Crippen LogP contribution in [0.1, 0.15) is 140 Å². The molecule has 0 aromatic heterocycles. The van der Waals surface area contributed by atoms with Crippen molar-refractivity contribution in [2.45, 2.75) is 141 Å². The molecule has 0 bridgehead atoms. The molecule has 11 nitrogen and oxygen atoms in total. The van der Waals surface area contributed by atoms with Crippen LogP contribution in [0.15, 0.2) is 72.4 Å². The Morgan fingerprint density at radius 2 is 1.24 bits per heavy atom. The number of ether oxygens (including phenoxy) is 1. The van der Waals surface area contributed by atoms with Crippen LogP contribution in [0.2, 0.25) is 0 Å². The van der Waals surface area contributed by atoms with E-state index in [0.717, 1.165) is 66.8 Å². The van der Waals surface area contributed by atoms with Gasteiger partial charge in [-0.1, -0.05) is 49.6 Å². The van der Waals surface area contributed by atoms with E-state index in [1.165, 1.54) is 42.6 Å². The molecule has 11 heteroatoms. The van der Waals surface area contributed by atoms with Crippen LogP contribution in [0.4, 0.5) is 33.2 Å². The highest BCUT2D eigenvalue weighted by atomic mass is 16.6. The van der Waals surface area contributed by atoms with E-state index in [-0.39, 0.29) is 29.9 Å². The number of hydrogen-bond acceptors (Lipinski definition) is 8.